The van der Waals surface area contributed by atoms with Crippen LogP contribution in [0.1, 0.15) is 127 Å². The van der Waals surface area contributed by atoms with Gasteiger partial charge in [0.2, 0.25) is 5.91 Å². The van der Waals surface area contributed by atoms with Gasteiger partial charge < -0.3 is 5.32 Å². The smallest absolute Gasteiger partial charge is 0.283 e. The molecular formula is C25H44BrF2N3O. The summed E-state index contributed by atoms with van der Waals surface area (Å²) in [6.07, 6.45) is 18.5. The number of halogens is 3. The lowest BCUT2D eigenvalue weighted by Crippen LogP contribution is -2.29. The van der Waals surface area contributed by atoms with Crippen molar-refractivity contribution in [3.8, 4) is 0 Å². The van der Waals surface area contributed by atoms with Gasteiger partial charge in [0.15, 0.2) is 0 Å². The Hall–Kier alpha value is -0.980. The van der Waals surface area contributed by atoms with E-state index in [2.05, 4.69) is 33.3 Å². The molecule has 0 radical (unpaired) electrons. The summed E-state index contributed by atoms with van der Waals surface area (Å²) in [6, 6.07) is 0. The number of nitrogens with zero attached hydrogens (tertiary/aromatic N) is 2. The predicted molar refractivity (Wildman–Crippen MR) is 132 cm³/mol. The number of unbranched alkanes of at least 4 members (excludes halogenated alkanes) is 15. The highest BCUT2D eigenvalue weighted by atomic mass is 79.9. The van der Waals surface area contributed by atoms with Gasteiger partial charge in [-0.2, -0.15) is 5.10 Å². The molecule has 0 unspecified atom stereocenters. The largest absolute Gasteiger partial charge is 0.354 e. The molecule has 186 valence electrons. The van der Waals surface area contributed by atoms with Crippen LogP contribution in [0.3, 0.4) is 0 Å². The second kappa shape index (κ2) is 18.4. The van der Waals surface area contributed by atoms with Crippen molar-refractivity contribution in [1.29, 1.82) is 0 Å². The molecule has 1 amide bonds. The topological polar surface area (TPSA) is 46.9 Å². The minimum Gasteiger partial charge on any atom is -0.354 e. The number of rotatable bonds is 20. The molecule has 32 heavy (non-hydrogen) atoms. The number of nitrogens with one attached hydrogen (secondary N) is 1. The van der Waals surface area contributed by atoms with Crippen molar-refractivity contribution < 1.29 is 13.6 Å². The van der Waals surface area contributed by atoms with E-state index in [1.807, 2.05) is 0 Å². The van der Waals surface area contributed by atoms with Crippen LogP contribution in [0, 0.1) is 6.92 Å². The molecule has 1 rings (SSSR count). The molecule has 0 atom stereocenters. The van der Waals surface area contributed by atoms with Gasteiger partial charge >= 0.3 is 0 Å². The third-order valence-corrected chi connectivity index (χ3v) is 6.99. The maximum Gasteiger partial charge on any atom is 0.283 e. The summed E-state index contributed by atoms with van der Waals surface area (Å²) in [5.74, 6) is -0.190. The first-order valence-electron chi connectivity index (χ1n) is 12.7. The van der Waals surface area contributed by atoms with Crippen molar-refractivity contribution in [2.24, 2.45) is 0 Å². The number of carbonyl (C=O) groups is 1. The molecule has 0 aliphatic carbocycles. The molecule has 0 fully saturated rings. The van der Waals surface area contributed by atoms with Crippen molar-refractivity contribution in [3.63, 3.8) is 0 Å². The van der Waals surface area contributed by atoms with Gasteiger partial charge in [0.05, 0.1) is 10.2 Å². The van der Waals surface area contributed by atoms with Crippen molar-refractivity contribution in [2.75, 3.05) is 6.54 Å². The van der Waals surface area contributed by atoms with E-state index in [0.717, 1.165) is 12.8 Å². The van der Waals surface area contributed by atoms with E-state index in [1.165, 1.54) is 94.6 Å². The molecule has 1 N–H and O–H groups in total. The summed E-state index contributed by atoms with van der Waals surface area (Å²) in [7, 11) is 0. The van der Waals surface area contributed by atoms with E-state index in [-0.39, 0.29) is 22.6 Å². The van der Waals surface area contributed by atoms with Crippen LogP contribution in [-0.4, -0.2) is 22.2 Å². The summed E-state index contributed by atoms with van der Waals surface area (Å²) >= 11 is 3.12. The molecule has 0 saturated heterocycles. The maximum absolute atomic E-state index is 12.9. The second-order valence-electron chi connectivity index (χ2n) is 8.90. The van der Waals surface area contributed by atoms with E-state index in [4.69, 9.17) is 0 Å². The van der Waals surface area contributed by atoms with Gasteiger partial charge in [0, 0.05) is 6.54 Å². The van der Waals surface area contributed by atoms with Crippen LogP contribution in [0.4, 0.5) is 8.78 Å². The fourth-order valence-corrected chi connectivity index (χ4v) is 4.39. The van der Waals surface area contributed by atoms with E-state index >= 15 is 0 Å². The normalized spacial score (nSPS) is 11.4. The molecule has 1 heterocycles. The predicted octanol–water partition coefficient (Wildman–Crippen LogP) is 8.27. The summed E-state index contributed by atoms with van der Waals surface area (Å²) in [6.45, 7) is 4.53. The number of carbonyl (C=O) groups excluding carboxylic acids is 1. The van der Waals surface area contributed by atoms with Crippen LogP contribution in [0.25, 0.3) is 0 Å². The quantitative estimate of drug-likeness (QED) is 0.176. The first-order valence-corrected chi connectivity index (χ1v) is 13.5. The molecule has 7 heteroatoms. The monoisotopic (exact) mass is 519 g/mol. The molecule has 4 nitrogen and oxygen atoms in total. The molecule has 0 aliphatic rings. The highest BCUT2D eigenvalue weighted by Crippen LogP contribution is 2.28. The Morgan fingerprint density at radius 1 is 0.875 bits per heavy atom. The van der Waals surface area contributed by atoms with Gasteiger partial charge in [-0.25, -0.2) is 8.78 Å². The first kappa shape index (κ1) is 29.1. The fraction of sp³-hybridized carbons (Fsp3) is 0.840. The molecule has 0 saturated carbocycles. The third-order valence-electron chi connectivity index (χ3n) is 6.01. The summed E-state index contributed by atoms with van der Waals surface area (Å²) in [5.41, 5.74) is 0.228. The number of hydrogen-bond acceptors (Lipinski definition) is 2. The van der Waals surface area contributed by atoms with Crippen LogP contribution in [0.2, 0.25) is 0 Å². The number of amides is 1. The van der Waals surface area contributed by atoms with E-state index < -0.39 is 6.43 Å². The van der Waals surface area contributed by atoms with Crippen LogP contribution >= 0.6 is 15.9 Å². The summed E-state index contributed by atoms with van der Waals surface area (Å²) < 4.78 is 27.4. The Bertz CT molecular complexity index is 623. The first-order chi connectivity index (χ1) is 15.5. The van der Waals surface area contributed by atoms with E-state index in [1.54, 1.807) is 6.92 Å². The summed E-state index contributed by atoms with van der Waals surface area (Å²) in [4.78, 5) is 12.0. The molecule has 0 aliphatic heterocycles. The zero-order valence-electron chi connectivity index (χ0n) is 20.2. The van der Waals surface area contributed by atoms with Crippen molar-refractivity contribution in [1.82, 2.24) is 15.1 Å². The lowest BCUT2D eigenvalue weighted by Gasteiger charge is -2.07. The summed E-state index contributed by atoms with van der Waals surface area (Å²) in [5, 5.41) is 6.70. The zero-order valence-corrected chi connectivity index (χ0v) is 21.8. The molecule has 0 spiro atoms. The van der Waals surface area contributed by atoms with Crippen LogP contribution in [0.5, 0.6) is 0 Å². The minimum absolute atomic E-state index is 0.0317. The van der Waals surface area contributed by atoms with Crippen LogP contribution in [0.15, 0.2) is 4.47 Å². The molecule has 1 aromatic rings. The maximum atomic E-state index is 12.9. The van der Waals surface area contributed by atoms with Gasteiger partial charge in [-0.05, 0) is 29.3 Å². The van der Waals surface area contributed by atoms with Gasteiger partial charge in [0.25, 0.3) is 6.43 Å². The number of alkyl halides is 2. The highest BCUT2D eigenvalue weighted by molar-refractivity contribution is 9.10. The molecule has 0 aromatic carbocycles. The zero-order chi connectivity index (χ0) is 23.6. The highest BCUT2D eigenvalue weighted by Gasteiger charge is 2.21. The lowest BCUT2D eigenvalue weighted by molar-refractivity contribution is -0.121. The Morgan fingerprint density at radius 3 is 1.72 bits per heavy atom. The van der Waals surface area contributed by atoms with Crippen LogP contribution < -0.4 is 5.32 Å². The van der Waals surface area contributed by atoms with Gasteiger partial charge in [-0.15, -0.1) is 0 Å². The van der Waals surface area contributed by atoms with Crippen molar-refractivity contribution in [2.45, 2.75) is 130 Å². The third kappa shape index (κ3) is 12.9. The van der Waals surface area contributed by atoms with Gasteiger partial charge in [-0.3, -0.25) is 9.48 Å². The van der Waals surface area contributed by atoms with Crippen molar-refractivity contribution in [3.05, 3.63) is 15.9 Å². The Labute approximate surface area is 202 Å². The lowest BCUT2D eigenvalue weighted by atomic mass is 10.0. The molecule has 1 aromatic heterocycles. The average Bonchev–Trinajstić information content (AvgIpc) is 3.04. The fourth-order valence-electron chi connectivity index (χ4n) is 3.93. The number of hydrogen-bond donors (Lipinski definition) is 1. The SMILES string of the molecule is CCCCCCCCCCCCCCCCCCNC(=O)Cn1nc(C(F)F)c(Br)c1C. The van der Waals surface area contributed by atoms with Crippen molar-refractivity contribution >= 4 is 21.8 Å². The molecule has 0 bridgehead atoms. The Kier molecular flexibility index (Phi) is 16.7. The Morgan fingerprint density at radius 2 is 1.31 bits per heavy atom. The Balaban J connectivity index is 1.91. The number of aromatic nitrogens is 2. The van der Waals surface area contributed by atoms with E-state index in [9.17, 15) is 13.6 Å². The van der Waals surface area contributed by atoms with Gasteiger partial charge in [0.1, 0.15) is 12.2 Å². The average molecular weight is 521 g/mol. The molecular weight excluding hydrogens is 476 g/mol. The minimum atomic E-state index is -2.66. The second-order valence-corrected chi connectivity index (χ2v) is 9.69. The van der Waals surface area contributed by atoms with Crippen LogP contribution in [-0.2, 0) is 11.3 Å². The van der Waals surface area contributed by atoms with Gasteiger partial charge in [-0.1, -0.05) is 103 Å². The van der Waals surface area contributed by atoms with E-state index in [0.29, 0.717) is 12.2 Å². The standard InChI is InChI=1S/C25H44BrF2N3O/c1-3-4-5-6-7-8-9-10-11-12-13-14-15-16-17-18-19-29-22(32)20-31-21(2)23(26)24(30-31)25(27)28/h25H,3-20H2,1-2H3,(H,29,32).